The third-order valence-corrected chi connectivity index (χ3v) is 4.33. The second-order valence-corrected chi connectivity index (χ2v) is 5.72. The summed E-state index contributed by atoms with van der Waals surface area (Å²) < 4.78 is 0. The molecule has 3 rings (SSSR count). The lowest BCUT2D eigenvalue weighted by atomic mass is 9.80. The van der Waals surface area contributed by atoms with Crippen LogP contribution in [0.25, 0.3) is 0 Å². The van der Waals surface area contributed by atoms with Crippen LogP contribution in [0.3, 0.4) is 0 Å². The Hall–Kier alpha value is -1.82. The maximum absolute atomic E-state index is 2.42. The minimum Gasteiger partial charge on any atom is -0.0879 e. The van der Waals surface area contributed by atoms with Crippen molar-refractivity contribution in [1.29, 1.82) is 0 Å². The molecular formula is C20H22. The zero-order valence-corrected chi connectivity index (χ0v) is 11.9. The van der Waals surface area contributed by atoms with Gasteiger partial charge in [-0.1, -0.05) is 72.8 Å². The van der Waals surface area contributed by atoms with Crippen molar-refractivity contribution < 1.29 is 0 Å². The van der Waals surface area contributed by atoms with Crippen molar-refractivity contribution in [2.75, 3.05) is 0 Å². The molecule has 0 saturated heterocycles. The largest absolute Gasteiger partial charge is 0.0879 e. The maximum Gasteiger partial charge on any atom is 0.00237 e. The quantitative estimate of drug-likeness (QED) is 0.610. The van der Waals surface area contributed by atoms with Gasteiger partial charge in [0, 0.05) is 5.92 Å². The zero-order valence-electron chi connectivity index (χ0n) is 11.9. The summed E-state index contributed by atoms with van der Waals surface area (Å²) in [4.78, 5) is 0. The first-order valence-electron chi connectivity index (χ1n) is 7.70. The van der Waals surface area contributed by atoms with Crippen LogP contribution in [0.15, 0.2) is 72.8 Å². The number of benzene rings is 2. The highest BCUT2D eigenvalue weighted by atomic mass is 14.2. The van der Waals surface area contributed by atoms with Crippen LogP contribution in [-0.4, -0.2) is 0 Å². The smallest absolute Gasteiger partial charge is 0.00237 e. The summed E-state index contributed by atoms with van der Waals surface area (Å²) in [6, 6.07) is 22.0. The Bertz CT molecular complexity index is 539. The van der Waals surface area contributed by atoms with Gasteiger partial charge in [-0.3, -0.25) is 0 Å². The van der Waals surface area contributed by atoms with Crippen LogP contribution >= 0.6 is 0 Å². The Morgan fingerprint density at radius 1 is 0.750 bits per heavy atom. The second kappa shape index (κ2) is 6.56. The van der Waals surface area contributed by atoms with Gasteiger partial charge in [0.15, 0.2) is 0 Å². The molecule has 0 aromatic heterocycles. The molecule has 2 aromatic rings. The van der Waals surface area contributed by atoms with Crippen molar-refractivity contribution in [1.82, 2.24) is 0 Å². The van der Waals surface area contributed by atoms with Gasteiger partial charge in [0.25, 0.3) is 0 Å². The molecule has 0 radical (unpaired) electrons. The van der Waals surface area contributed by atoms with E-state index in [4.69, 9.17) is 0 Å². The summed E-state index contributed by atoms with van der Waals surface area (Å²) in [5, 5.41) is 0. The molecule has 1 aliphatic carbocycles. The molecule has 0 spiro atoms. The van der Waals surface area contributed by atoms with Crippen LogP contribution < -0.4 is 0 Å². The number of allylic oxidation sites excluding steroid dienone is 2. The highest BCUT2D eigenvalue weighted by Gasteiger charge is 2.18. The molecule has 0 heterocycles. The number of hydrogen-bond acceptors (Lipinski definition) is 0. The van der Waals surface area contributed by atoms with Gasteiger partial charge in [0.05, 0.1) is 0 Å². The molecule has 1 aliphatic rings. The van der Waals surface area contributed by atoms with Crippen molar-refractivity contribution in [3.05, 3.63) is 83.9 Å². The third-order valence-electron chi connectivity index (χ3n) is 4.33. The monoisotopic (exact) mass is 262 g/mol. The fourth-order valence-electron chi connectivity index (χ4n) is 3.22. The standard InChI is InChI=1S/C20H22/c1-4-10-17(11-5-1)19-14-8-3-9-15-20(16-19)18-12-6-2-7-13-18/h1-2,4-8,10-14,19-20H,3,9,15-16H2/b14-8-. The molecule has 0 N–H and O–H groups in total. The molecule has 0 amide bonds. The van der Waals surface area contributed by atoms with E-state index in [0.717, 1.165) is 0 Å². The van der Waals surface area contributed by atoms with Crippen molar-refractivity contribution in [2.24, 2.45) is 0 Å². The van der Waals surface area contributed by atoms with Crippen molar-refractivity contribution in [2.45, 2.75) is 37.5 Å². The average molecular weight is 262 g/mol. The molecule has 0 nitrogen and oxygen atoms in total. The summed E-state index contributed by atoms with van der Waals surface area (Å²) in [5.74, 6) is 1.24. The minimum absolute atomic E-state index is 0.557. The summed E-state index contributed by atoms with van der Waals surface area (Å²) in [6.45, 7) is 0. The van der Waals surface area contributed by atoms with E-state index in [0.29, 0.717) is 11.8 Å². The van der Waals surface area contributed by atoms with Crippen molar-refractivity contribution in [3.8, 4) is 0 Å². The summed E-state index contributed by atoms with van der Waals surface area (Å²) in [5.41, 5.74) is 2.95. The van der Waals surface area contributed by atoms with E-state index in [1.807, 2.05) is 0 Å². The van der Waals surface area contributed by atoms with E-state index in [1.165, 1.54) is 36.8 Å². The van der Waals surface area contributed by atoms with E-state index >= 15 is 0 Å². The van der Waals surface area contributed by atoms with E-state index in [-0.39, 0.29) is 0 Å². The fourth-order valence-corrected chi connectivity index (χ4v) is 3.22. The Balaban J connectivity index is 1.85. The number of hydrogen-bond donors (Lipinski definition) is 0. The van der Waals surface area contributed by atoms with Gasteiger partial charge in [-0.25, -0.2) is 0 Å². The maximum atomic E-state index is 2.42. The van der Waals surface area contributed by atoms with Gasteiger partial charge in [0.1, 0.15) is 0 Å². The summed E-state index contributed by atoms with van der Waals surface area (Å²) in [6.07, 6.45) is 9.84. The lowest BCUT2D eigenvalue weighted by Crippen LogP contribution is -2.07. The van der Waals surface area contributed by atoms with Crippen LogP contribution in [0, 0.1) is 0 Å². The molecule has 0 fully saturated rings. The van der Waals surface area contributed by atoms with E-state index < -0.39 is 0 Å². The highest BCUT2D eigenvalue weighted by molar-refractivity contribution is 5.27. The average Bonchev–Trinajstić information content (AvgIpc) is 2.49. The Morgan fingerprint density at radius 2 is 1.40 bits per heavy atom. The van der Waals surface area contributed by atoms with Crippen LogP contribution in [0.2, 0.25) is 0 Å². The summed E-state index contributed by atoms with van der Waals surface area (Å²) in [7, 11) is 0. The van der Waals surface area contributed by atoms with E-state index in [9.17, 15) is 0 Å². The first-order valence-corrected chi connectivity index (χ1v) is 7.70. The first-order chi connectivity index (χ1) is 9.93. The molecule has 20 heavy (non-hydrogen) atoms. The lowest BCUT2D eigenvalue weighted by molar-refractivity contribution is 0.519. The normalized spacial score (nSPS) is 24.6. The lowest BCUT2D eigenvalue weighted by Gasteiger charge is -2.24. The molecule has 2 atom stereocenters. The van der Waals surface area contributed by atoms with Crippen LogP contribution in [0.1, 0.15) is 48.6 Å². The van der Waals surface area contributed by atoms with Crippen LogP contribution in [0.4, 0.5) is 0 Å². The molecule has 0 heteroatoms. The third kappa shape index (κ3) is 3.19. The Morgan fingerprint density at radius 3 is 2.10 bits per heavy atom. The molecule has 0 aliphatic heterocycles. The second-order valence-electron chi connectivity index (χ2n) is 5.72. The van der Waals surface area contributed by atoms with Crippen LogP contribution in [-0.2, 0) is 0 Å². The van der Waals surface area contributed by atoms with Gasteiger partial charge in [-0.05, 0) is 42.7 Å². The summed E-state index contributed by atoms with van der Waals surface area (Å²) >= 11 is 0. The fraction of sp³-hybridized carbons (Fsp3) is 0.300. The van der Waals surface area contributed by atoms with Gasteiger partial charge in [-0.2, -0.15) is 0 Å². The SMILES string of the molecule is C1=C\C(c2ccccc2)CC(c2ccccc2)CCC/1. The molecule has 0 bridgehead atoms. The topological polar surface area (TPSA) is 0 Å². The Labute approximate surface area is 122 Å². The highest BCUT2D eigenvalue weighted by Crippen LogP contribution is 2.35. The van der Waals surface area contributed by atoms with E-state index in [1.54, 1.807) is 0 Å². The molecular weight excluding hydrogens is 240 g/mol. The van der Waals surface area contributed by atoms with Gasteiger partial charge < -0.3 is 0 Å². The molecule has 102 valence electrons. The molecule has 2 unspecified atom stereocenters. The predicted molar refractivity (Wildman–Crippen MR) is 86.0 cm³/mol. The van der Waals surface area contributed by atoms with E-state index in [2.05, 4.69) is 72.8 Å². The first kappa shape index (κ1) is 13.2. The minimum atomic E-state index is 0.557. The Kier molecular flexibility index (Phi) is 4.32. The predicted octanol–water partition coefficient (Wildman–Crippen LogP) is 5.68. The zero-order chi connectivity index (χ0) is 13.6. The van der Waals surface area contributed by atoms with Crippen molar-refractivity contribution in [3.63, 3.8) is 0 Å². The molecule has 2 aromatic carbocycles. The van der Waals surface area contributed by atoms with Gasteiger partial charge in [0.2, 0.25) is 0 Å². The van der Waals surface area contributed by atoms with Gasteiger partial charge in [-0.15, -0.1) is 0 Å². The van der Waals surface area contributed by atoms with Crippen molar-refractivity contribution >= 4 is 0 Å². The molecule has 0 saturated carbocycles. The van der Waals surface area contributed by atoms with Gasteiger partial charge >= 0.3 is 0 Å². The van der Waals surface area contributed by atoms with Crippen LogP contribution in [0.5, 0.6) is 0 Å². The number of rotatable bonds is 2.